The molecule has 0 amide bonds. The normalized spacial score (nSPS) is 15.5. The third kappa shape index (κ3) is 3.24. The van der Waals surface area contributed by atoms with Crippen molar-refractivity contribution in [3.63, 3.8) is 0 Å². The lowest BCUT2D eigenvalue weighted by molar-refractivity contribution is -0.384. The van der Waals surface area contributed by atoms with Crippen molar-refractivity contribution in [2.75, 3.05) is 5.32 Å². The van der Waals surface area contributed by atoms with Crippen LogP contribution in [0.3, 0.4) is 0 Å². The molecule has 1 unspecified atom stereocenters. The van der Waals surface area contributed by atoms with Crippen LogP contribution in [0.2, 0.25) is 0 Å². The highest BCUT2D eigenvalue weighted by atomic mass is 79.9. The summed E-state index contributed by atoms with van der Waals surface area (Å²) in [5.41, 5.74) is 2.09. The second kappa shape index (κ2) is 5.85. The average Bonchev–Trinajstić information content (AvgIpc) is 3.31. The number of anilines is 1. The SMILES string of the molecule is O=[N+]([O-])c1ccc(Br)c(NC(c2ccccc2)C2CC2)c1. The third-order valence-electron chi connectivity index (χ3n) is 3.72. The standard InChI is InChI=1S/C16H15BrN2O2/c17-14-9-8-13(19(20)21)10-15(14)18-16(12-6-7-12)11-4-2-1-3-5-11/h1-5,8-10,12,16,18H,6-7H2. The van der Waals surface area contributed by atoms with Gasteiger partial charge in [-0.1, -0.05) is 30.3 Å². The van der Waals surface area contributed by atoms with Crippen molar-refractivity contribution in [3.05, 3.63) is 68.7 Å². The van der Waals surface area contributed by atoms with Gasteiger partial charge in [0.25, 0.3) is 5.69 Å². The van der Waals surface area contributed by atoms with Gasteiger partial charge in [0.05, 0.1) is 16.7 Å². The summed E-state index contributed by atoms with van der Waals surface area (Å²) in [5, 5.41) is 14.4. The van der Waals surface area contributed by atoms with Crippen LogP contribution in [-0.2, 0) is 0 Å². The number of nitro benzene ring substituents is 1. The van der Waals surface area contributed by atoms with Crippen LogP contribution in [0.15, 0.2) is 53.0 Å². The first-order valence-electron chi connectivity index (χ1n) is 6.90. The number of halogens is 1. The molecule has 1 saturated carbocycles. The fourth-order valence-electron chi connectivity index (χ4n) is 2.47. The van der Waals surface area contributed by atoms with E-state index in [1.807, 2.05) is 18.2 Å². The van der Waals surface area contributed by atoms with E-state index in [2.05, 4.69) is 33.4 Å². The summed E-state index contributed by atoms with van der Waals surface area (Å²) in [7, 11) is 0. The zero-order chi connectivity index (χ0) is 14.8. The Kier molecular flexibility index (Phi) is 3.92. The van der Waals surface area contributed by atoms with Gasteiger partial charge in [0, 0.05) is 16.6 Å². The van der Waals surface area contributed by atoms with Crippen molar-refractivity contribution in [1.82, 2.24) is 0 Å². The van der Waals surface area contributed by atoms with Gasteiger partial charge in [-0.3, -0.25) is 10.1 Å². The minimum atomic E-state index is -0.369. The molecule has 0 aromatic heterocycles. The number of rotatable bonds is 5. The zero-order valence-corrected chi connectivity index (χ0v) is 12.9. The number of hydrogen-bond donors (Lipinski definition) is 1. The number of nitro groups is 1. The van der Waals surface area contributed by atoms with Crippen LogP contribution >= 0.6 is 15.9 Å². The Bertz CT molecular complexity index is 657. The number of benzene rings is 2. The minimum Gasteiger partial charge on any atom is -0.377 e. The predicted molar refractivity (Wildman–Crippen MR) is 86.3 cm³/mol. The molecule has 1 fully saturated rings. The topological polar surface area (TPSA) is 55.2 Å². The summed E-state index contributed by atoms with van der Waals surface area (Å²) < 4.78 is 0.842. The van der Waals surface area contributed by atoms with Crippen LogP contribution in [0.1, 0.15) is 24.4 Å². The molecule has 4 nitrogen and oxygen atoms in total. The van der Waals surface area contributed by atoms with Crippen molar-refractivity contribution in [1.29, 1.82) is 0 Å². The number of nitrogens with one attached hydrogen (secondary N) is 1. The molecule has 1 aliphatic rings. The fraction of sp³-hybridized carbons (Fsp3) is 0.250. The van der Waals surface area contributed by atoms with E-state index in [0.29, 0.717) is 5.92 Å². The van der Waals surface area contributed by atoms with Crippen molar-refractivity contribution in [2.24, 2.45) is 5.92 Å². The minimum absolute atomic E-state index is 0.100. The maximum absolute atomic E-state index is 10.9. The molecule has 2 aromatic carbocycles. The molecule has 0 aliphatic heterocycles. The summed E-state index contributed by atoms with van der Waals surface area (Å²) in [6.07, 6.45) is 2.39. The van der Waals surface area contributed by atoms with Gasteiger partial charge in [-0.25, -0.2) is 0 Å². The Morgan fingerprint density at radius 1 is 1.19 bits per heavy atom. The van der Waals surface area contributed by atoms with E-state index in [4.69, 9.17) is 0 Å². The molecule has 3 rings (SSSR count). The van der Waals surface area contributed by atoms with Gasteiger partial charge in [0.15, 0.2) is 0 Å². The molecular formula is C16H15BrN2O2. The van der Waals surface area contributed by atoms with E-state index < -0.39 is 0 Å². The van der Waals surface area contributed by atoms with E-state index in [1.165, 1.54) is 24.5 Å². The molecule has 0 heterocycles. The highest BCUT2D eigenvalue weighted by Crippen LogP contribution is 2.44. The summed E-state index contributed by atoms with van der Waals surface area (Å²) in [6, 6.07) is 15.2. The Labute approximate surface area is 131 Å². The number of non-ortho nitro benzene ring substituents is 1. The van der Waals surface area contributed by atoms with Gasteiger partial charge < -0.3 is 5.32 Å². The molecule has 21 heavy (non-hydrogen) atoms. The molecule has 0 saturated heterocycles. The summed E-state index contributed by atoms with van der Waals surface area (Å²) >= 11 is 3.47. The zero-order valence-electron chi connectivity index (χ0n) is 11.3. The third-order valence-corrected chi connectivity index (χ3v) is 4.42. The highest BCUT2D eigenvalue weighted by molar-refractivity contribution is 9.10. The Morgan fingerprint density at radius 2 is 1.90 bits per heavy atom. The first-order chi connectivity index (χ1) is 10.1. The lowest BCUT2D eigenvalue weighted by Gasteiger charge is -2.21. The Morgan fingerprint density at radius 3 is 2.52 bits per heavy atom. The number of nitrogens with zero attached hydrogens (tertiary/aromatic N) is 1. The van der Waals surface area contributed by atoms with Crippen molar-refractivity contribution in [3.8, 4) is 0 Å². The smallest absolute Gasteiger partial charge is 0.271 e. The molecule has 0 spiro atoms. The molecule has 5 heteroatoms. The molecule has 108 valence electrons. The van der Waals surface area contributed by atoms with Crippen LogP contribution in [-0.4, -0.2) is 4.92 Å². The van der Waals surface area contributed by atoms with Gasteiger partial charge in [-0.15, -0.1) is 0 Å². The van der Waals surface area contributed by atoms with Gasteiger partial charge >= 0.3 is 0 Å². The molecule has 2 aromatic rings. The predicted octanol–water partition coefficient (Wildman–Crippen LogP) is 4.92. The molecule has 0 bridgehead atoms. The van der Waals surface area contributed by atoms with Crippen molar-refractivity contribution < 1.29 is 4.92 Å². The molecule has 1 N–H and O–H groups in total. The lowest BCUT2D eigenvalue weighted by Crippen LogP contribution is -2.13. The molecular weight excluding hydrogens is 332 g/mol. The van der Waals surface area contributed by atoms with Crippen molar-refractivity contribution >= 4 is 27.3 Å². The van der Waals surface area contributed by atoms with Gasteiger partial charge in [0.2, 0.25) is 0 Å². The fourth-order valence-corrected chi connectivity index (χ4v) is 2.83. The van der Waals surface area contributed by atoms with Crippen LogP contribution in [0, 0.1) is 16.0 Å². The average molecular weight is 347 g/mol. The first-order valence-corrected chi connectivity index (χ1v) is 7.70. The summed E-state index contributed by atoms with van der Waals surface area (Å²) in [5.74, 6) is 0.596. The first kappa shape index (κ1) is 14.1. The second-order valence-corrected chi connectivity index (χ2v) is 6.15. The van der Waals surface area contributed by atoms with E-state index in [1.54, 1.807) is 12.1 Å². The van der Waals surface area contributed by atoms with Gasteiger partial charge in [-0.05, 0) is 46.3 Å². The van der Waals surface area contributed by atoms with Crippen LogP contribution in [0.4, 0.5) is 11.4 Å². The van der Waals surface area contributed by atoms with Crippen molar-refractivity contribution in [2.45, 2.75) is 18.9 Å². The lowest BCUT2D eigenvalue weighted by atomic mass is 10.0. The Hall–Kier alpha value is -1.88. The molecule has 0 radical (unpaired) electrons. The quantitative estimate of drug-likeness (QED) is 0.617. The van der Waals surface area contributed by atoms with E-state index >= 15 is 0 Å². The largest absolute Gasteiger partial charge is 0.377 e. The highest BCUT2D eigenvalue weighted by Gasteiger charge is 2.32. The Balaban J connectivity index is 1.90. The maximum atomic E-state index is 10.9. The monoisotopic (exact) mass is 346 g/mol. The van der Waals surface area contributed by atoms with E-state index in [0.717, 1.165) is 10.2 Å². The maximum Gasteiger partial charge on any atom is 0.271 e. The second-order valence-electron chi connectivity index (χ2n) is 5.29. The van der Waals surface area contributed by atoms with Gasteiger partial charge in [0.1, 0.15) is 0 Å². The van der Waals surface area contributed by atoms with Crippen LogP contribution in [0.5, 0.6) is 0 Å². The van der Waals surface area contributed by atoms with E-state index in [9.17, 15) is 10.1 Å². The summed E-state index contributed by atoms with van der Waals surface area (Å²) in [4.78, 5) is 10.6. The molecule has 1 atom stereocenters. The van der Waals surface area contributed by atoms with Gasteiger partial charge in [-0.2, -0.15) is 0 Å². The summed E-state index contributed by atoms with van der Waals surface area (Å²) in [6.45, 7) is 0. The van der Waals surface area contributed by atoms with Crippen LogP contribution < -0.4 is 5.32 Å². The van der Waals surface area contributed by atoms with Crippen LogP contribution in [0.25, 0.3) is 0 Å². The molecule has 1 aliphatic carbocycles. The number of hydrogen-bond acceptors (Lipinski definition) is 3. The van der Waals surface area contributed by atoms with E-state index in [-0.39, 0.29) is 16.7 Å².